The maximum absolute atomic E-state index is 11.3. The van der Waals surface area contributed by atoms with Gasteiger partial charge in [-0.25, -0.2) is 9.67 Å². The Bertz CT molecular complexity index is 510. The predicted octanol–water partition coefficient (Wildman–Crippen LogP) is 1.31. The topological polar surface area (TPSA) is 59.8 Å². The Morgan fingerprint density at radius 2 is 2.05 bits per heavy atom. The minimum Gasteiger partial charge on any atom is -0.351 e. The van der Waals surface area contributed by atoms with Gasteiger partial charge in [0.1, 0.15) is 12.7 Å². The van der Waals surface area contributed by atoms with Gasteiger partial charge >= 0.3 is 0 Å². The Morgan fingerprint density at radius 3 is 2.68 bits per heavy atom. The van der Waals surface area contributed by atoms with Crippen molar-refractivity contribution in [2.45, 2.75) is 13.1 Å². The third-order valence-corrected chi connectivity index (χ3v) is 3.15. The van der Waals surface area contributed by atoms with Crippen LogP contribution < -0.4 is 5.32 Å². The van der Waals surface area contributed by atoms with E-state index in [0.29, 0.717) is 18.8 Å². The second-order valence-corrected chi connectivity index (χ2v) is 4.99. The van der Waals surface area contributed by atoms with Crippen molar-refractivity contribution in [2.75, 3.05) is 12.0 Å². The summed E-state index contributed by atoms with van der Waals surface area (Å²) in [5.41, 5.74) is 2.25. The first-order chi connectivity index (χ1) is 9.28. The van der Waals surface area contributed by atoms with Crippen LogP contribution in [0.3, 0.4) is 0 Å². The largest absolute Gasteiger partial charge is 0.351 e. The Hall–Kier alpha value is -1.82. The number of hydrogen-bond acceptors (Lipinski definition) is 4. The van der Waals surface area contributed by atoms with Crippen LogP contribution in [0.25, 0.3) is 0 Å². The molecule has 0 unspecified atom stereocenters. The fourth-order valence-electron chi connectivity index (χ4n) is 1.65. The molecule has 5 nitrogen and oxygen atoms in total. The molecule has 0 atom stereocenters. The normalized spacial score (nSPS) is 10.4. The van der Waals surface area contributed by atoms with Gasteiger partial charge in [-0.15, -0.1) is 0 Å². The molecule has 0 aliphatic carbocycles. The van der Waals surface area contributed by atoms with E-state index in [2.05, 4.69) is 15.4 Å². The highest BCUT2D eigenvalue weighted by Gasteiger charge is 2.00. The van der Waals surface area contributed by atoms with E-state index < -0.39 is 0 Å². The van der Waals surface area contributed by atoms with Crippen molar-refractivity contribution in [3.8, 4) is 0 Å². The van der Waals surface area contributed by atoms with Gasteiger partial charge in [0.25, 0.3) is 0 Å². The van der Waals surface area contributed by atoms with Crippen molar-refractivity contribution in [3.05, 3.63) is 48.0 Å². The van der Waals surface area contributed by atoms with Crippen LogP contribution in [0.5, 0.6) is 0 Å². The van der Waals surface area contributed by atoms with Crippen molar-refractivity contribution in [1.82, 2.24) is 20.1 Å². The van der Waals surface area contributed by atoms with E-state index in [-0.39, 0.29) is 5.91 Å². The summed E-state index contributed by atoms with van der Waals surface area (Å²) in [6.07, 6.45) is 5.13. The standard InChI is InChI=1S/C13H16N4OS/c1-19-8-13(18)15-6-11-2-4-12(5-3-11)7-17-10-14-9-16-17/h2-5,9-10H,6-8H2,1H3,(H,15,18). The summed E-state index contributed by atoms with van der Waals surface area (Å²) < 4.78 is 1.77. The Morgan fingerprint density at radius 1 is 1.32 bits per heavy atom. The minimum atomic E-state index is 0.0687. The van der Waals surface area contributed by atoms with E-state index in [4.69, 9.17) is 0 Å². The summed E-state index contributed by atoms with van der Waals surface area (Å²) in [6, 6.07) is 8.12. The fourth-order valence-corrected chi connectivity index (χ4v) is 2.01. The number of benzene rings is 1. The van der Waals surface area contributed by atoms with Crippen molar-refractivity contribution in [2.24, 2.45) is 0 Å². The van der Waals surface area contributed by atoms with Gasteiger partial charge in [0, 0.05) is 6.54 Å². The molecule has 1 aromatic carbocycles. The molecule has 2 rings (SSSR count). The Kier molecular flexibility index (Phi) is 4.97. The number of rotatable bonds is 6. The zero-order valence-electron chi connectivity index (χ0n) is 10.7. The van der Waals surface area contributed by atoms with Gasteiger partial charge in [-0.1, -0.05) is 24.3 Å². The zero-order valence-corrected chi connectivity index (χ0v) is 11.6. The smallest absolute Gasteiger partial charge is 0.230 e. The number of carbonyl (C=O) groups excluding carboxylic acids is 1. The molecule has 0 aliphatic rings. The number of nitrogens with zero attached hydrogens (tertiary/aromatic N) is 3. The summed E-state index contributed by atoms with van der Waals surface area (Å²) in [4.78, 5) is 15.2. The first-order valence-electron chi connectivity index (χ1n) is 5.94. The van der Waals surface area contributed by atoms with Crippen LogP contribution in [0.1, 0.15) is 11.1 Å². The van der Waals surface area contributed by atoms with Crippen molar-refractivity contribution >= 4 is 17.7 Å². The molecular weight excluding hydrogens is 260 g/mol. The molecule has 19 heavy (non-hydrogen) atoms. The van der Waals surface area contributed by atoms with Crippen molar-refractivity contribution < 1.29 is 4.79 Å². The van der Waals surface area contributed by atoms with Gasteiger partial charge < -0.3 is 5.32 Å². The summed E-state index contributed by atoms with van der Waals surface area (Å²) in [6.45, 7) is 1.28. The molecular formula is C13H16N4OS. The van der Waals surface area contributed by atoms with Crippen LogP contribution in [-0.4, -0.2) is 32.7 Å². The molecule has 6 heteroatoms. The van der Waals surface area contributed by atoms with Crippen LogP contribution in [0.2, 0.25) is 0 Å². The van der Waals surface area contributed by atoms with Crippen LogP contribution in [-0.2, 0) is 17.9 Å². The number of amides is 1. The molecule has 100 valence electrons. The molecule has 2 aromatic rings. The molecule has 0 aliphatic heterocycles. The highest BCUT2D eigenvalue weighted by Crippen LogP contribution is 2.05. The van der Waals surface area contributed by atoms with Crippen LogP contribution in [0, 0.1) is 0 Å². The van der Waals surface area contributed by atoms with Crippen LogP contribution in [0.4, 0.5) is 0 Å². The lowest BCUT2D eigenvalue weighted by Gasteiger charge is -2.06. The molecule has 0 radical (unpaired) electrons. The molecule has 0 saturated carbocycles. The van der Waals surface area contributed by atoms with Gasteiger partial charge in [-0.2, -0.15) is 16.9 Å². The third-order valence-electron chi connectivity index (χ3n) is 2.60. The zero-order chi connectivity index (χ0) is 13.5. The molecule has 1 N–H and O–H groups in total. The molecule has 0 spiro atoms. The maximum atomic E-state index is 11.3. The maximum Gasteiger partial charge on any atom is 0.230 e. The molecule has 1 amide bonds. The van der Waals surface area contributed by atoms with Gasteiger partial charge in [0.05, 0.1) is 12.3 Å². The summed E-state index contributed by atoms with van der Waals surface area (Å²) in [5, 5.41) is 6.94. The van der Waals surface area contributed by atoms with Crippen molar-refractivity contribution in [1.29, 1.82) is 0 Å². The molecule has 0 fully saturated rings. The number of hydrogen-bond donors (Lipinski definition) is 1. The van der Waals surface area contributed by atoms with E-state index in [0.717, 1.165) is 11.1 Å². The lowest BCUT2D eigenvalue weighted by molar-refractivity contribution is -0.118. The average molecular weight is 276 g/mol. The number of carbonyl (C=O) groups is 1. The van der Waals surface area contributed by atoms with E-state index in [1.807, 2.05) is 30.5 Å². The highest BCUT2D eigenvalue weighted by atomic mass is 32.2. The van der Waals surface area contributed by atoms with Gasteiger partial charge in [0.2, 0.25) is 5.91 Å². The van der Waals surface area contributed by atoms with Gasteiger partial charge in [-0.05, 0) is 17.4 Å². The van der Waals surface area contributed by atoms with E-state index in [9.17, 15) is 4.79 Å². The summed E-state index contributed by atoms with van der Waals surface area (Å²) in [7, 11) is 0. The number of nitrogens with one attached hydrogen (secondary N) is 1. The minimum absolute atomic E-state index is 0.0687. The molecule has 0 bridgehead atoms. The Labute approximate surface area is 116 Å². The second-order valence-electron chi connectivity index (χ2n) is 4.12. The van der Waals surface area contributed by atoms with Crippen molar-refractivity contribution in [3.63, 3.8) is 0 Å². The van der Waals surface area contributed by atoms with Gasteiger partial charge in [-0.3, -0.25) is 4.79 Å². The SMILES string of the molecule is CSCC(=O)NCc1ccc(Cn2cncn2)cc1. The van der Waals surface area contributed by atoms with Crippen LogP contribution >= 0.6 is 11.8 Å². The first kappa shape index (κ1) is 13.6. The lowest BCUT2D eigenvalue weighted by atomic mass is 10.1. The number of aromatic nitrogens is 3. The second kappa shape index (κ2) is 6.94. The van der Waals surface area contributed by atoms with E-state index in [1.54, 1.807) is 11.0 Å². The first-order valence-corrected chi connectivity index (χ1v) is 7.33. The lowest BCUT2D eigenvalue weighted by Crippen LogP contribution is -2.24. The molecule has 1 aromatic heterocycles. The highest BCUT2D eigenvalue weighted by molar-refractivity contribution is 7.99. The van der Waals surface area contributed by atoms with Crippen LogP contribution in [0.15, 0.2) is 36.9 Å². The Balaban J connectivity index is 1.86. The fraction of sp³-hybridized carbons (Fsp3) is 0.308. The quantitative estimate of drug-likeness (QED) is 0.864. The summed E-state index contributed by atoms with van der Waals surface area (Å²) >= 11 is 1.52. The van der Waals surface area contributed by atoms with Gasteiger partial charge in [0.15, 0.2) is 0 Å². The number of thioether (sulfide) groups is 1. The van der Waals surface area contributed by atoms with E-state index >= 15 is 0 Å². The predicted molar refractivity (Wildman–Crippen MR) is 75.8 cm³/mol. The summed E-state index contributed by atoms with van der Waals surface area (Å²) in [5.74, 6) is 0.573. The monoisotopic (exact) mass is 276 g/mol. The molecule has 1 heterocycles. The third kappa shape index (κ3) is 4.40. The molecule has 0 saturated heterocycles. The average Bonchev–Trinajstić information content (AvgIpc) is 2.91. The van der Waals surface area contributed by atoms with E-state index in [1.165, 1.54) is 18.1 Å².